The van der Waals surface area contributed by atoms with Crippen LogP contribution in [-0.2, 0) is 13.0 Å². The third-order valence-electron chi connectivity index (χ3n) is 4.32. The Kier molecular flexibility index (Phi) is 5.45. The Labute approximate surface area is 145 Å². The Morgan fingerprint density at radius 1 is 0.708 bits per heavy atom. The van der Waals surface area contributed by atoms with Crippen LogP contribution in [0.15, 0.2) is 78.9 Å². The molecule has 0 aromatic heterocycles. The molecule has 0 bridgehead atoms. The summed E-state index contributed by atoms with van der Waals surface area (Å²) in [6.45, 7) is 5.21. The average Bonchev–Trinajstić information content (AvgIpc) is 2.59. The summed E-state index contributed by atoms with van der Waals surface area (Å²) in [7, 11) is 0. The van der Waals surface area contributed by atoms with Gasteiger partial charge in [0.2, 0.25) is 0 Å². The summed E-state index contributed by atoms with van der Waals surface area (Å²) in [5.41, 5.74) is 6.70. The third-order valence-corrected chi connectivity index (χ3v) is 4.32. The zero-order valence-corrected chi connectivity index (χ0v) is 14.5. The maximum atomic E-state index is 3.76. The van der Waals surface area contributed by atoms with Crippen LogP contribution in [-0.4, -0.2) is 0 Å². The molecular formula is C23H25N. The second kappa shape index (κ2) is 7.94. The molecule has 1 nitrogen and oxygen atoms in total. The highest BCUT2D eigenvalue weighted by atomic mass is 14.9. The fourth-order valence-corrected chi connectivity index (χ4v) is 3.26. The number of hydrogen-bond donors (Lipinski definition) is 1. The van der Waals surface area contributed by atoms with Crippen molar-refractivity contribution in [2.75, 3.05) is 0 Å². The van der Waals surface area contributed by atoms with Gasteiger partial charge in [-0.25, -0.2) is 0 Å². The molecule has 3 aromatic carbocycles. The average molecular weight is 315 g/mol. The summed E-state index contributed by atoms with van der Waals surface area (Å²) in [5.74, 6) is 0. The molecule has 3 rings (SSSR count). The van der Waals surface area contributed by atoms with Gasteiger partial charge in [0, 0.05) is 12.6 Å². The standard InChI is InChI=1S/C23H25N/c1-18-13-19(2)15-21(14-18)17-24-23(22-11-7-4-8-12-22)16-20-9-5-3-6-10-20/h3-15,23-24H,16-17H2,1-2H3. The van der Waals surface area contributed by atoms with E-state index in [9.17, 15) is 0 Å². The first kappa shape index (κ1) is 16.5. The van der Waals surface area contributed by atoms with Gasteiger partial charge in [0.25, 0.3) is 0 Å². The van der Waals surface area contributed by atoms with Gasteiger partial charge in [-0.05, 0) is 37.0 Å². The highest BCUT2D eigenvalue weighted by Gasteiger charge is 2.11. The van der Waals surface area contributed by atoms with Crippen molar-refractivity contribution in [3.8, 4) is 0 Å². The molecule has 1 atom stereocenters. The van der Waals surface area contributed by atoms with Crippen molar-refractivity contribution in [3.63, 3.8) is 0 Å². The van der Waals surface area contributed by atoms with E-state index >= 15 is 0 Å². The Morgan fingerprint density at radius 2 is 1.29 bits per heavy atom. The lowest BCUT2D eigenvalue weighted by Gasteiger charge is -2.20. The van der Waals surface area contributed by atoms with Gasteiger partial charge in [0.05, 0.1) is 0 Å². The van der Waals surface area contributed by atoms with Gasteiger partial charge in [0.15, 0.2) is 0 Å². The molecule has 0 fully saturated rings. The number of nitrogens with one attached hydrogen (secondary N) is 1. The minimum Gasteiger partial charge on any atom is -0.306 e. The lowest BCUT2D eigenvalue weighted by atomic mass is 9.98. The fraction of sp³-hybridized carbons (Fsp3) is 0.217. The molecule has 122 valence electrons. The number of benzene rings is 3. The molecule has 1 N–H and O–H groups in total. The topological polar surface area (TPSA) is 12.0 Å². The van der Waals surface area contributed by atoms with E-state index in [2.05, 4.69) is 98.0 Å². The summed E-state index contributed by atoms with van der Waals surface area (Å²) in [6.07, 6.45) is 0.996. The first-order chi connectivity index (χ1) is 11.7. The van der Waals surface area contributed by atoms with E-state index in [1.807, 2.05) is 0 Å². The maximum Gasteiger partial charge on any atom is 0.0363 e. The molecule has 3 aromatic rings. The van der Waals surface area contributed by atoms with Crippen LogP contribution in [0.5, 0.6) is 0 Å². The van der Waals surface area contributed by atoms with E-state index in [1.165, 1.54) is 27.8 Å². The van der Waals surface area contributed by atoms with Crippen LogP contribution in [0.3, 0.4) is 0 Å². The van der Waals surface area contributed by atoms with Crippen molar-refractivity contribution in [2.24, 2.45) is 0 Å². The van der Waals surface area contributed by atoms with Crippen LogP contribution in [0.25, 0.3) is 0 Å². The fourth-order valence-electron chi connectivity index (χ4n) is 3.26. The normalized spacial score (nSPS) is 12.1. The Morgan fingerprint density at radius 3 is 1.92 bits per heavy atom. The van der Waals surface area contributed by atoms with Gasteiger partial charge < -0.3 is 5.32 Å². The van der Waals surface area contributed by atoms with Gasteiger partial charge in [-0.2, -0.15) is 0 Å². The molecule has 0 aliphatic heterocycles. The molecule has 0 spiro atoms. The van der Waals surface area contributed by atoms with Crippen molar-refractivity contribution in [2.45, 2.75) is 32.9 Å². The van der Waals surface area contributed by atoms with Crippen LogP contribution in [0.2, 0.25) is 0 Å². The monoisotopic (exact) mass is 315 g/mol. The molecule has 0 aliphatic rings. The van der Waals surface area contributed by atoms with Gasteiger partial charge >= 0.3 is 0 Å². The van der Waals surface area contributed by atoms with Crippen LogP contribution >= 0.6 is 0 Å². The summed E-state index contributed by atoms with van der Waals surface area (Å²) in [4.78, 5) is 0. The van der Waals surface area contributed by atoms with E-state index in [-0.39, 0.29) is 0 Å². The first-order valence-electron chi connectivity index (χ1n) is 8.60. The SMILES string of the molecule is Cc1cc(C)cc(CNC(Cc2ccccc2)c2ccccc2)c1. The molecule has 1 heteroatoms. The molecule has 0 amide bonds. The first-order valence-corrected chi connectivity index (χ1v) is 8.60. The van der Waals surface area contributed by atoms with E-state index in [4.69, 9.17) is 0 Å². The van der Waals surface area contributed by atoms with Crippen molar-refractivity contribution in [1.82, 2.24) is 5.32 Å². The van der Waals surface area contributed by atoms with Crippen molar-refractivity contribution in [3.05, 3.63) is 107 Å². The highest BCUT2D eigenvalue weighted by Crippen LogP contribution is 2.19. The largest absolute Gasteiger partial charge is 0.306 e. The second-order valence-corrected chi connectivity index (χ2v) is 6.53. The van der Waals surface area contributed by atoms with E-state index in [0.717, 1.165) is 13.0 Å². The van der Waals surface area contributed by atoms with Crippen LogP contribution < -0.4 is 5.32 Å². The van der Waals surface area contributed by atoms with Gasteiger partial charge in [-0.3, -0.25) is 0 Å². The summed E-state index contributed by atoms with van der Waals surface area (Å²) in [6, 6.07) is 28.5. The van der Waals surface area contributed by atoms with E-state index in [1.54, 1.807) is 0 Å². The minimum absolute atomic E-state index is 0.314. The molecule has 0 saturated heterocycles. The summed E-state index contributed by atoms with van der Waals surface area (Å²) >= 11 is 0. The lowest BCUT2D eigenvalue weighted by Crippen LogP contribution is -2.23. The highest BCUT2D eigenvalue weighted by molar-refractivity contribution is 5.29. The van der Waals surface area contributed by atoms with Crippen LogP contribution in [0, 0.1) is 13.8 Å². The number of rotatable bonds is 6. The van der Waals surface area contributed by atoms with Gasteiger partial charge in [0.1, 0.15) is 0 Å². The van der Waals surface area contributed by atoms with E-state index < -0.39 is 0 Å². The zero-order valence-electron chi connectivity index (χ0n) is 14.5. The Balaban J connectivity index is 1.77. The molecule has 0 radical (unpaired) electrons. The molecule has 0 aliphatic carbocycles. The molecule has 0 heterocycles. The van der Waals surface area contributed by atoms with Crippen molar-refractivity contribution >= 4 is 0 Å². The van der Waals surface area contributed by atoms with Crippen LogP contribution in [0.4, 0.5) is 0 Å². The molecule has 0 saturated carbocycles. The van der Waals surface area contributed by atoms with Gasteiger partial charge in [-0.1, -0.05) is 90.0 Å². The quantitative estimate of drug-likeness (QED) is 0.644. The minimum atomic E-state index is 0.314. The number of aryl methyl sites for hydroxylation is 2. The zero-order chi connectivity index (χ0) is 16.8. The smallest absolute Gasteiger partial charge is 0.0363 e. The predicted molar refractivity (Wildman–Crippen MR) is 102 cm³/mol. The second-order valence-electron chi connectivity index (χ2n) is 6.53. The third kappa shape index (κ3) is 4.56. The molecule has 1 unspecified atom stereocenters. The Bertz CT molecular complexity index is 742. The summed E-state index contributed by atoms with van der Waals surface area (Å²) in [5, 5.41) is 3.76. The van der Waals surface area contributed by atoms with Gasteiger partial charge in [-0.15, -0.1) is 0 Å². The Hall–Kier alpha value is -2.38. The number of hydrogen-bond acceptors (Lipinski definition) is 1. The van der Waals surface area contributed by atoms with E-state index in [0.29, 0.717) is 6.04 Å². The predicted octanol–water partition coefficient (Wildman–Crippen LogP) is 5.38. The van der Waals surface area contributed by atoms with Crippen molar-refractivity contribution < 1.29 is 0 Å². The maximum absolute atomic E-state index is 3.76. The van der Waals surface area contributed by atoms with Crippen molar-refractivity contribution in [1.29, 1.82) is 0 Å². The van der Waals surface area contributed by atoms with Crippen LogP contribution in [0.1, 0.15) is 33.9 Å². The lowest BCUT2D eigenvalue weighted by molar-refractivity contribution is 0.530. The summed E-state index contributed by atoms with van der Waals surface area (Å²) < 4.78 is 0. The molecule has 24 heavy (non-hydrogen) atoms. The molecular weight excluding hydrogens is 290 g/mol.